The second-order valence-electron chi connectivity index (χ2n) is 4.87. The van der Waals surface area contributed by atoms with E-state index in [1.54, 1.807) is 0 Å². The second-order valence-corrected chi connectivity index (χ2v) is 7.61. The summed E-state index contributed by atoms with van der Waals surface area (Å²) in [5.41, 5.74) is 4.66. The number of aromatic nitrogens is 2. The summed E-state index contributed by atoms with van der Waals surface area (Å²) < 4.78 is 0. The Hall–Kier alpha value is -1.24. The zero-order valence-electron chi connectivity index (χ0n) is 11.8. The molecule has 0 bridgehead atoms. The third-order valence-electron chi connectivity index (χ3n) is 3.40. The molecule has 110 valence electrons. The van der Waals surface area contributed by atoms with Crippen LogP contribution in [0.15, 0.2) is 36.4 Å². The van der Waals surface area contributed by atoms with Gasteiger partial charge in [-0.2, -0.15) is 11.8 Å². The maximum atomic E-state index is 5.58. The van der Waals surface area contributed by atoms with E-state index < -0.39 is 0 Å². The lowest BCUT2D eigenvalue weighted by atomic mass is 10.1. The molecule has 0 amide bonds. The maximum Gasteiger partial charge on any atom is 0.145 e. The van der Waals surface area contributed by atoms with Crippen molar-refractivity contribution in [2.24, 2.45) is 5.84 Å². The van der Waals surface area contributed by atoms with E-state index in [1.165, 1.54) is 5.75 Å². The summed E-state index contributed by atoms with van der Waals surface area (Å²) in [4.78, 5) is 9.35. The van der Waals surface area contributed by atoms with E-state index in [0.29, 0.717) is 16.3 Å². The van der Waals surface area contributed by atoms with Gasteiger partial charge in [-0.15, -0.1) is 11.8 Å². The monoisotopic (exact) mass is 318 g/mol. The van der Waals surface area contributed by atoms with Gasteiger partial charge in [-0.1, -0.05) is 37.3 Å². The summed E-state index contributed by atoms with van der Waals surface area (Å²) in [6, 6.07) is 12.0. The van der Waals surface area contributed by atoms with E-state index in [4.69, 9.17) is 10.8 Å². The zero-order valence-corrected chi connectivity index (χ0v) is 13.5. The molecule has 1 saturated heterocycles. The third-order valence-corrected chi connectivity index (χ3v) is 6.49. The molecule has 1 aromatic carbocycles. The van der Waals surface area contributed by atoms with Gasteiger partial charge in [0.15, 0.2) is 0 Å². The number of nitrogen functional groups attached to an aromatic ring is 1. The van der Waals surface area contributed by atoms with Gasteiger partial charge in [-0.05, 0) is 0 Å². The van der Waals surface area contributed by atoms with Crippen molar-refractivity contribution >= 4 is 29.3 Å². The molecule has 0 radical (unpaired) electrons. The molecule has 4 nitrogen and oxygen atoms in total. The van der Waals surface area contributed by atoms with E-state index in [1.807, 2.05) is 47.8 Å². The van der Waals surface area contributed by atoms with E-state index in [2.05, 4.69) is 29.5 Å². The number of hydrogen-bond acceptors (Lipinski definition) is 6. The topological polar surface area (TPSA) is 63.8 Å². The molecule has 3 N–H and O–H groups in total. The Morgan fingerprint density at radius 2 is 1.90 bits per heavy atom. The van der Waals surface area contributed by atoms with Crippen LogP contribution in [0.5, 0.6) is 0 Å². The predicted molar refractivity (Wildman–Crippen MR) is 92.4 cm³/mol. The molecule has 2 heterocycles. The summed E-state index contributed by atoms with van der Waals surface area (Å²) in [5, 5.41) is 0.833. The van der Waals surface area contributed by atoms with Crippen molar-refractivity contribution in [3.05, 3.63) is 42.2 Å². The summed E-state index contributed by atoms with van der Waals surface area (Å²) >= 11 is 3.92. The van der Waals surface area contributed by atoms with Crippen LogP contribution in [0.25, 0.3) is 11.3 Å². The van der Waals surface area contributed by atoms with Crippen molar-refractivity contribution in [3.63, 3.8) is 0 Å². The van der Waals surface area contributed by atoms with E-state index in [9.17, 15) is 0 Å². The zero-order chi connectivity index (χ0) is 14.7. The van der Waals surface area contributed by atoms with Crippen LogP contribution in [-0.4, -0.2) is 26.7 Å². The molecule has 1 aliphatic heterocycles. The highest BCUT2D eigenvalue weighted by atomic mass is 32.2. The minimum absolute atomic E-state index is 0.319. The number of hydrogen-bond donors (Lipinski definition) is 2. The summed E-state index contributed by atoms with van der Waals surface area (Å²) in [5.74, 6) is 9.46. The molecule has 0 saturated carbocycles. The molecular weight excluding hydrogens is 300 g/mol. The molecule has 2 unspecified atom stereocenters. The fourth-order valence-electron chi connectivity index (χ4n) is 2.34. The molecule has 21 heavy (non-hydrogen) atoms. The van der Waals surface area contributed by atoms with Crippen LogP contribution >= 0.6 is 23.5 Å². The van der Waals surface area contributed by atoms with Crippen LogP contribution in [0, 0.1) is 0 Å². The highest BCUT2D eigenvalue weighted by Gasteiger charge is 2.27. The van der Waals surface area contributed by atoms with E-state index in [0.717, 1.165) is 22.8 Å². The molecule has 6 heteroatoms. The standard InChI is InChI=1S/C15H18N4S2/c1-10-14(21-8-7-20-10)15-17-12(9-13(18-15)19-16)11-5-3-2-4-6-11/h2-6,9-10,14H,7-8,16H2,1H3,(H,17,18,19). The Labute approximate surface area is 133 Å². The Bertz CT molecular complexity index is 606. The Kier molecular flexibility index (Phi) is 4.67. The van der Waals surface area contributed by atoms with Gasteiger partial charge in [0.25, 0.3) is 0 Å². The van der Waals surface area contributed by atoms with Crippen molar-refractivity contribution < 1.29 is 0 Å². The first-order chi connectivity index (χ1) is 10.3. The summed E-state index contributed by atoms with van der Waals surface area (Å²) in [6.45, 7) is 2.25. The lowest BCUT2D eigenvalue weighted by molar-refractivity contribution is 0.826. The van der Waals surface area contributed by atoms with Crippen LogP contribution < -0.4 is 11.3 Å². The smallest absolute Gasteiger partial charge is 0.145 e. The number of thioether (sulfide) groups is 2. The number of rotatable bonds is 3. The molecule has 0 spiro atoms. The molecular formula is C15H18N4S2. The lowest BCUT2D eigenvalue weighted by Gasteiger charge is -2.27. The average molecular weight is 318 g/mol. The maximum absolute atomic E-state index is 5.58. The minimum atomic E-state index is 0.319. The first kappa shape index (κ1) is 14.7. The average Bonchev–Trinajstić information content (AvgIpc) is 2.55. The molecule has 2 aromatic rings. The normalized spacial score (nSPS) is 22.0. The number of anilines is 1. The quantitative estimate of drug-likeness (QED) is 0.668. The lowest BCUT2D eigenvalue weighted by Crippen LogP contribution is -2.19. The molecule has 0 aliphatic carbocycles. The number of nitrogens with two attached hydrogens (primary N) is 1. The molecule has 1 aromatic heterocycles. The Morgan fingerprint density at radius 3 is 2.62 bits per heavy atom. The molecule has 3 rings (SSSR count). The van der Waals surface area contributed by atoms with Gasteiger partial charge >= 0.3 is 0 Å². The fourth-order valence-corrected chi connectivity index (χ4v) is 5.03. The molecule has 1 aliphatic rings. The Balaban J connectivity index is 2.01. The first-order valence-corrected chi connectivity index (χ1v) is 9.02. The SMILES string of the molecule is CC1SCCSC1c1nc(NN)cc(-c2ccccc2)n1. The minimum Gasteiger partial charge on any atom is -0.308 e. The van der Waals surface area contributed by atoms with Crippen molar-refractivity contribution in [3.8, 4) is 11.3 Å². The summed E-state index contributed by atoms with van der Waals surface area (Å²) in [6.07, 6.45) is 0. The van der Waals surface area contributed by atoms with Gasteiger partial charge in [0.05, 0.1) is 10.9 Å². The highest BCUT2D eigenvalue weighted by molar-refractivity contribution is 8.06. The van der Waals surface area contributed by atoms with Crippen molar-refractivity contribution in [2.45, 2.75) is 17.4 Å². The van der Waals surface area contributed by atoms with Gasteiger partial charge in [-0.25, -0.2) is 15.8 Å². The largest absolute Gasteiger partial charge is 0.308 e. The van der Waals surface area contributed by atoms with Gasteiger partial charge in [0, 0.05) is 28.4 Å². The van der Waals surface area contributed by atoms with Crippen LogP contribution in [0.4, 0.5) is 5.82 Å². The van der Waals surface area contributed by atoms with Crippen LogP contribution in [0.3, 0.4) is 0 Å². The van der Waals surface area contributed by atoms with E-state index >= 15 is 0 Å². The number of nitrogens with one attached hydrogen (secondary N) is 1. The van der Waals surface area contributed by atoms with E-state index in [-0.39, 0.29) is 0 Å². The van der Waals surface area contributed by atoms with Crippen molar-refractivity contribution in [1.29, 1.82) is 0 Å². The highest BCUT2D eigenvalue weighted by Crippen LogP contribution is 2.41. The fraction of sp³-hybridized carbons (Fsp3) is 0.333. The predicted octanol–water partition coefficient (Wildman–Crippen LogP) is 3.34. The van der Waals surface area contributed by atoms with Crippen LogP contribution in [-0.2, 0) is 0 Å². The van der Waals surface area contributed by atoms with Crippen LogP contribution in [0.2, 0.25) is 0 Å². The summed E-state index contributed by atoms with van der Waals surface area (Å²) in [7, 11) is 0. The van der Waals surface area contributed by atoms with Crippen LogP contribution in [0.1, 0.15) is 18.0 Å². The first-order valence-electron chi connectivity index (χ1n) is 6.92. The number of benzene rings is 1. The number of hydrazine groups is 1. The van der Waals surface area contributed by atoms with Gasteiger partial charge in [0.2, 0.25) is 0 Å². The molecule has 1 fully saturated rings. The van der Waals surface area contributed by atoms with Gasteiger partial charge in [0.1, 0.15) is 11.6 Å². The molecule has 2 atom stereocenters. The van der Waals surface area contributed by atoms with Crippen molar-refractivity contribution in [1.82, 2.24) is 9.97 Å². The van der Waals surface area contributed by atoms with Crippen molar-refractivity contribution in [2.75, 3.05) is 16.9 Å². The third kappa shape index (κ3) is 3.33. The second kappa shape index (κ2) is 6.68. The Morgan fingerprint density at radius 1 is 1.14 bits per heavy atom. The number of nitrogens with zero attached hydrogens (tertiary/aromatic N) is 2. The van der Waals surface area contributed by atoms with Gasteiger partial charge in [-0.3, -0.25) is 0 Å². The van der Waals surface area contributed by atoms with Gasteiger partial charge < -0.3 is 5.43 Å².